The fourth-order valence-electron chi connectivity index (χ4n) is 1.10. The van der Waals surface area contributed by atoms with Crippen molar-refractivity contribution in [2.45, 2.75) is 0 Å². The van der Waals surface area contributed by atoms with E-state index in [0.717, 1.165) is 0 Å². The molecule has 0 amide bonds. The summed E-state index contributed by atoms with van der Waals surface area (Å²) in [6, 6.07) is 15.9. The molecule has 0 fully saturated rings. The zero-order chi connectivity index (χ0) is 11.2. The van der Waals surface area contributed by atoms with Crippen molar-refractivity contribution in [2.75, 3.05) is 5.73 Å². The largest absolute Gasteiger partial charge is 0.399 e. The predicted molar refractivity (Wildman–Crippen MR) is 59.6 cm³/mol. The number of para-hydroxylation sites is 1. The first-order valence-corrected chi connectivity index (χ1v) is 4.76. The molecule has 0 radical (unpaired) electrons. The molecule has 0 aliphatic rings. The van der Waals surface area contributed by atoms with Crippen molar-refractivity contribution in [3.8, 4) is 11.5 Å². The van der Waals surface area contributed by atoms with Crippen LogP contribution in [0.1, 0.15) is 0 Å². The van der Waals surface area contributed by atoms with E-state index in [4.69, 9.17) is 15.5 Å². The van der Waals surface area contributed by atoms with Crippen molar-refractivity contribution < 1.29 is 14.8 Å². The smallest absolute Gasteiger partial charge is 0.169 e. The van der Waals surface area contributed by atoms with Gasteiger partial charge in [-0.1, -0.05) is 18.2 Å². The highest BCUT2D eigenvalue weighted by Gasteiger charge is 1.96. The van der Waals surface area contributed by atoms with E-state index in [1.807, 2.05) is 18.2 Å². The Labute approximate surface area is 93.0 Å². The summed E-state index contributed by atoms with van der Waals surface area (Å²) in [5.41, 5.74) is 6.18. The average molecular weight is 217 g/mol. The van der Waals surface area contributed by atoms with Gasteiger partial charge in [0.2, 0.25) is 0 Å². The van der Waals surface area contributed by atoms with Crippen LogP contribution in [0.25, 0.3) is 0 Å². The Morgan fingerprint density at radius 1 is 0.688 bits per heavy atom. The number of nitrogen functional groups attached to an aromatic ring is 1. The zero-order valence-corrected chi connectivity index (χ0v) is 8.50. The molecule has 2 rings (SSSR count). The second-order valence-corrected chi connectivity index (χ2v) is 3.12. The van der Waals surface area contributed by atoms with Crippen LogP contribution in [0.3, 0.4) is 0 Å². The van der Waals surface area contributed by atoms with Crippen LogP contribution in [0.5, 0.6) is 11.5 Å². The molecule has 2 aromatic rings. The normalized spacial score (nSPS) is 9.75. The summed E-state index contributed by atoms with van der Waals surface area (Å²) in [6.45, 7) is 0. The summed E-state index contributed by atoms with van der Waals surface area (Å²) in [7, 11) is 0. The first-order chi connectivity index (χ1) is 7.84. The molecular weight excluding hydrogens is 206 g/mol. The Hall–Kier alpha value is -2.20. The van der Waals surface area contributed by atoms with Gasteiger partial charge in [-0.3, -0.25) is 9.78 Å². The van der Waals surface area contributed by atoms with E-state index in [-0.39, 0.29) is 0 Å². The van der Waals surface area contributed by atoms with Crippen molar-refractivity contribution >= 4 is 5.69 Å². The summed E-state index contributed by atoms with van der Waals surface area (Å²) >= 11 is 0. The van der Waals surface area contributed by atoms with Gasteiger partial charge in [0.25, 0.3) is 0 Å². The maximum Gasteiger partial charge on any atom is 0.169 e. The number of hydrogen-bond acceptors (Lipinski definition) is 4. The average Bonchev–Trinajstić information content (AvgIpc) is 2.33. The molecule has 0 heterocycles. The highest BCUT2D eigenvalue weighted by atomic mass is 17.5. The molecule has 0 spiro atoms. The van der Waals surface area contributed by atoms with Gasteiger partial charge < -0.3 is 5.73 Å². The SMILES string of the molecule is Nc1ccc(OOOc2ccccc2)cc1. The van der Waals surface area contributed by atoms with Crippen LogP contribution in [-0.2, 0) is 5.04 Å². The molecule has 0 aliphatic carbocycles. The maximum atomic E-state index is 5.52. The molecule has 4 nitrogen and oxygen atoms in total. The van der Waals surface area contributed by atoms with E-state index in [9.17, 15) is 0 Å². The lowest BCUT2D eigenvalue weighted by Gasteiger charge is -2.04. The molecular formula is C12H11NO3. The molecule has 2 aromatic carbocycles. The summed E-state index contributed by atoms with van der Waals surface area (Å²) in [4.78, 5) is 9.77. The minimum atomic E-state index is 0.519. The van der Waals surface area contributed by atoms with Crippen molar-refractivity contribution in [2.24, 2.45) is 0 Å². The quantitative estimate of drug-likeness (QED) is 0.486. The topological polar surface area (TPSA) is 53.7 Å². The van der Waals surface area contributed by atoms with Crippen LogP contribution >= 0.6 is 0 Å². The zero-order valence-electron chi connectivity index (χ0n) is 8.50. The Kier molecular flexibility index (Phi) is 3.25. The van der Waals surface area contributed by atoms with Crippen molar-refractivity contribution in [3.63, 3.8) is 0 Å². The number of hydrogen-bond donors (Lipinski definition) is 1. The minimum Gasteiger partial charge on any atom is -0.399 e. The molecule has 0 saturated heterocycles. The third-order valence-corrected chi connectivity index (χ3v) is 1.88. The lowest BCUT2D eigenvalue weighted by Crippen LogP contribution is -2.01. The van der Waals surface area contributed by atoms with E-state index in [1.54, 1.807) is 36.4 Å². The lowest BCUT2D eigenvalue weighted by atomic mass is 10.3. The van der Waals surface area contributed by atoms with E-state index >= 15 is 0 Å². The standard InChI is InChI=1S/C12H11NO3/c13-10-6-8-12(9-7-10)15-16-14-11-4-2-1-3-5-11/h1-9H,13H2. The summed E-state index contributed by atoms with van der Waals surface area (Å²) in [5.74, 6) is 1.09. The fourth-order valence-corrected chi connectivity index (χ4v) is 1.10. The molecule has 0 bridgehead atoms. The van der Waals surface area contributed by atoms with Gasteiger partial charge in [0, 0.05) is 10.7 Å². The van der Waals surface area contributed by atoms with E-state index in [1.165, 1.54) is 0 Å². The van der Waals surface area contributed by atoms with Gasteiger partial charge in [-0.25, -0.2) is 0 Å². The molecule has 0 atom stereocenters. The third kappa shape index (κ3) is 2.90. The van der Waals surface area contributed by atoms with Crippen LogP contribution in [0.15, 0.2) is 54.6 Å². The van der Waals surface area contributed by atoms with E-state index < -0.39 is 0 Å². The van der Waals surface area contributed by atoms with Crippen molar-refractivity contribution in [1.29, 1.82) is 0 Å². The van der Waals surface area contributed by atoms with Gasteiger partial charge in [0.1, 0.15) is 0 Å². The molecule has 0 saturated carbocycles. The second-order valence-electron chi connectivity index (χ2n) is 3.12. The number of benzene rings is 2. The van der Waals surface area contributed by atoms with Crippen LogP contribution in [0.4, 0.5) is 5.69 Å². The van der Waals surface area contributed by atoms with E-state index in [0.29, 0.717) is 17.2 Å². The Bertz CT molecular complexity index is 428. The lowest BCUT2D eigenvalue weighted by molar-refractivity contribution is -0.411. The summed E-state index contributed by atoms with van der Waals surface area (Å²) in [6.07, 6.45) is 0. The molecule has 0 aromatic heterocycles. The molecule has 0 unspecified atom stereocenters. The molecule has 82 valence electrons. The van der Waals surface area contributed by atoms with E-state index in [2.05, 4.69) is 5.04 Å². The maximum absolute atomic E-state index is 5.52. The minimum absolute atomic E-state index is 0.519. The molecule has 2 N–H and O–H groups in total. The number of nitrogens with two attached hydrogens (primary N) is 1. The van der Waals surface area contributed by atoms with Gasteiger partial charge >= 0.3 is 0 Å². The van der Waals surface area contributed by atoms with Gasteiger partial charge in [-0.2, -0.15) is 0 Å². The fraction of sp³-hybridized carbons (Fsp3) is 0. The monoisotopic (exact) mass is 217 g/mol. The van der Waals surface area contributed by atoms with Crippen LogP contribution in [0, 0.1) is 0 Å². The first-order valence-electron chi connectivity index (χ1n) is 4.76. The predicted octanol–water partition coefficient (Wildman–Crippen LogP) is 2.57. The van der Waals surface area contributed by atoms with Crippen LogP contribution in [-0.4, -0.2) is 0 Å². The van der Waals surface area contributed by atoms with Crippen LogP contribution in [0.2, 0.25) is 0 Å². The molecule has 4 heteroatoms. The van der Waals surface area contributed by atoms with Gasteiger partial charge in [0.15, 0.2) is 11.5 Å². The summed E-state index contributed by atoms with van der Waals surface area (Å²) in [5, 5.41) is 4.60. The second kappa shape index (κ2) is 5.04. The van der Waals surface area contributed by atoms with Crippen LogP contribution < -0.4 is 15.5 Å². The highest BCUT2D eigenvalue weighted by molar-refractivity contribution is 5.41. The Morgan fingerprint density at radius 2 is 1.25 bits per heavy atom. The van der Waals surface area contributed by atoms with Gasteiger partial charge in [-0.05, 0) is 36.4 Å². The molecule has 0 aliphatic heterocycles. The Balaban J connectivity index is 1.82. The number of rotatable bonds is 4. The number of anilines is 1. The van der Waals surface area contributed by atoms with Crippen molar-refractivity contribution in [3.05, 3.63) is 54.6 Å². The van der Waals surface area contributed by atoms with Gasteiger partial charge in [0.05, 0.1) is 0 Å². The van der Waals surface area contributed by atoms with Crippen molar-refractivity contribution in [1.82, 2.24) is 0 Å². The Morgan fingerprint density at radius 3 is 1.88 bits per heavy atom. The molecule has 16 heavy (non-hydrogen) atoms. The third-order valence-electron chi connectivity index (χ3n) is 1.88. The summed E-state index contributed by atoms with van der Waals surface area (Å²) < 4.78 is 0. The van der Waals surface area contributed by atoms with Gasteiger partial charge in [-0.15, -0.1) is 0 Å². The highest BCUT2D eigenvalue weighted by Crippen LogP contribution is 2.14. The first kappa shape index (κ1) is 10.3.